The van der Waals surface area contributed by atoms with Crippen molar-refractivity contribution >= 4 is 15.9 Å². The summed E-state index contributed by atoms with van der Waals surface area (Å²) in [5, 5.41) is 9.21. The van der Waals surface area contributed by atoms with Gasteiger partial charge >= 0.3 is 0 Å². The SMILES string of the molecule is CCCOCCCCC1CCN(S(=O)(=O)C(CCC)(CCC)C(=O)NO)CC1. The Morgan fingerprint density at radius 2 is 1.68 bits per heavy atom. The van der Waals surface area contributed by atoms with Crippen molar-refractivity contribution in [2.75, 3.05) is 26.3 Å². The highest BCUT2D eigenvalue weighted by molar-refractivity contribution is 7.91. The van der Waals surface area contributed by atoms with Gasteiger partial charge < -0.3 is 4.74 Å². The van der Waals surface area contributed by atoms with E-state index < -0.39 is 20.7 Å². The molecule has 1 saturated heterocycles. The minimum Gasteiger partial charge on any atom is -0.381 e. The van der Waals surface area contributed by atoms with E-state index >= 15 is 0 Å². The maximum atomic E-state index is 13.4. The molecule has 0 atom stereocenters. The van der Waals surface area contributed by atoms with Gasteiger partial charge in [0.2, 0.25) is 10.0 Å². The number of piperidine rings is 1. The summed E-state index contributed by atoms with van der Waals surface area (Å²) in [6.07, 6.45) is 7.48. The van der Waals surface area contributed by atoms with Gasteiger partial charge in [-0.05, 0) is 44.4 Å². The van der Waals surface area contributed by atoms with E-state index in [0.29, 0.717) is 31.8 Å². The van der Waals surface area contributed by atoms with E-state index in [2.05, 4.69) is 6.92 Å². The summed E-state index contributed by atoms with van der Waals surface area (Å²) >= 11 is 0. The highest BCUT2D eigenvalue weighted by Crippen LogP contribution is 2.35. The predicted octanol–water partition coefficient (Wildman–Crippen LogP) is 3.47. The van der Waals surface area contributed by atoms with Gasteiger partial charge in [-0.25, -0.2) is 18.2 Å². The van der Waals surface area contributed by atoms with Crippen molar-refractivity contribution in [1.29, 1.82) is 0 Å². The Morgan fingerprint density at radius 3 is 2.18 bits per heavy atom. The molecular weight excluding hydrogens is 380 g/mol. The van der Waals surface area contributed by atoms with Crippen LogP contribution in [0, 0.1) is 5.92 Å². The van der Waals surface area contributed by atoms with E-state index in [4.69, 9.17) is 4.74 Å². The number of nitrogens with one attached hydrogen (secondary N) is 1. The van der Waals surface area contributed by atoms with E-state index in [1.165, 1.54) is 4.31 Å². The summed E-state index contributed by atoms with van der Waals surface area (Å²) in [7, 11) is -3.84. The number of amides is 1. The number of hydrogen-bond acceptors (Lipinski definition) is 5. The highest BCUT2D eigenvalue weighted by atomic mass is 32.2. The lowest BCUT2D eigenvalue weighted by molar-refractivity contribution is -0.132. The largest absolute Gasteiger partial charge is 0.381 e. The fourth-order valence-electron chi connectivity index (χ4n) is 4.21. The molecule has 1 heterocycles. The number of carbonyl (C=O) groups excluding carboxylic acids is 1. The van der Waals surface area contributed by atoms with Crippen LogP contribution in [0.3, 0.4) is 0 Å². The standard InChI is InChI=1S/C20H40N2O5S/c1-4-12-20(13-5-2,19(23)21-24)28(25,26)22-14-10-18(11-15-22)9-7-8-17-27-16-6-3/h18,24H,4-17H2,1-3H3,(H,21,23). The van der Waals surface area contributed by atoms with Crippen LogP contribution in [0.2, 0.25) is 0 Å². The first-order chi connectivity index (χ1) is 13.4. The average molecular weight is 421 g/mol. The predicted molar refractivity (Wildman–Crippen MR) is 111 cm³/mol. The molecule has 1 amide bonds. The van der Waals surface area contributed by atoms with Crippen molar-refractivity contribution in [2.45, 2.75) is 89.7 Å². The van der Waals surface area contributed by atoms with Gasteiger partial charge in [0.15, 0.2) is 4.75 Å². The van der Waals surface area contributed by atoms with Crippen LogP contribution >= 0.6 is 0 Å². The second-order valence-corrected chi connectivity index (χ2v) is 10.1. The molecule has 0 radical (unpaired) electrons. The normalized spacial score (nSPS) is 17.0. The second-order valence-electron chi connectivity index (χ2n) is 7.89. The molecule has 166 valence electrons. The molecule has 1 aliphatic heterocycles. The molecule has 1 aliphatic rings. The minimum absolute atomic E-state index is 0.216. The fraction of sp³-hybridized carbons (Fsp3) is 0.950. The molecule has 0 unspecified atom stereocenters. The highest BCUT2D eigenvalue weighted by Gasteiger charge is 2.52. The molecule has 1 rings (SSSR count). The third kappa shape index (κ3) is 6.40. The maximum Gasteiger partial charge on any atom is 0.266 e. The lowest BCUT2D eigenvalue weighted by Crippen LogP contribution is -2.58. The monoisotopic (exact) mass is 420 g/mol. The van der Waals surface area contributed by atoms with E-state index in [1.807, 2.05) is 13.8 Å². The first kappa shape index (κ1) is 25.3. The van der Waals surface area contributed by atoms with Crippen LogP contribution in [0.1, 0.15) is 85.0 Å². The molecule has 0 aromatic rings. The van der Waals surface area contributed by atoms with Gasteiger partial charge in [-0.3, -0.25) is 10.0 Å². The lowest BCUT2D eigenvalue weighted by atomic mass is 9.92. The van der Waals surface area contributed by atoms with Gasteiger partial charge in [-0.15, -0.1) is 0 Å². The van der Waals surface area contributed by atoms with Crippen molar-refractivity contribution < 1.29 is 23.2 Å². The Morgan fingerprint density at radius 1 is 1.07 bits per heavy atom. The van der Waals surface area contributed by atoms with Gasteiger partial charge in [0, 0.05) is 26.3 Å². The summed E-state index contributed by atoms with van der Waals surface area (Å²) in [5.74, 6) is -0.276. The van der Waals surface area contributed by atoms with Gasteiger partial charge in [-0.1, -0.05) is 46.5 Å². The third-order valence-corrected chi connectivity index (χ3v) is 8.36. The topological polar surface area (TPSA) is 95.9 Å². The molecule has 0 saturated carbocycles. The number of carbonyl (C=O) groups is 1. The van der Waals surface area contributed by atoms with E-state index in [-0.39, 0.29) is 12.8 Å². The molecule has 0 aromatic carbocycles. The first-order valence-corrected chi connectivity index (χ1v) is 12.4. The molecule has 8 heteroatoms. The van der Waals surface area contributed by atoms with E-state index in [0.717, 1.165) is 51.7 Å². The zero-order valence-electron chi connectivity index (χ0n) is 17.9. The summed E-state index contributed by atoms with van der Waals surface area (Å²) in [4.78, 5) is 12.4. The zero-order valence-corrected chi connectivity index (χ0v) is 18.7. The second kappa shape index (κ2) is 12.8. The van der Waals surface area contributed by atoms with Crippen molar-refractivity contribution in [1.82, 2.24) is 9.79 Å². The van der Waals surface area contributed by atoms with Crippen LogP contribution in [0.25, 0.3) is 0 Å². The maximum absolute atomic E-state index is 13.4. The lowest BCUT2D eigenvalue weighted by Gasteiger charge is -2.39. The summed E-state index contributed by atoms with van der Waals surface area (Å²) in [6.45, 7) is 8.34. The van der Waals surface area contributed by atoms with Crippen LogP contribution < -0.4 is 5.48 Å². The molecule has 0 aromatic heterocycles. The first-order valence-electron chi connectivity index (χ1n) is 10.9. The Kier molecular flexibility index (Phi) is 11.6. The molecule has 0 bridgehead atoms. The Balaban J connectivity index is 2.68. The van der Waals surface area contributed by atoms with Gasteiger partial charge in [0.05, 0.1) is 0 Å². The van der Waals surface area contributed by atoms with Crippen molar-refractivity contribution in [3.05, 3.63) is 0 Å². The Labute approximate surface area is 171 Å². The number of hydroxylamine groups is 1. The molecule has 0 aliphatic carbocycles. The smallest absolute Gasteiger partial charge is 0.266 e. The van der Waals surface area contributed by atoms with Crippen LogP contribution in [-0.4, -0.2) is 54.9 Å². The molecule has 2 N–H and O–H groups in total. The molecule has 7 nitrogen and oxygen atoms in total. The quantitative estimate of drug-likeness (QED) is 0.255. The fourth-order valence-corrected chi connectivity index (χ4v) is 6.60. The minimum atomic E-state index is -3.84. The molecular formula is C20H40N2O5S. The van der Waals surface area contributed by atoms with E-state index in [9.17, 15) is 18.4 Å². The van der Waals surface area contributed by atoms with Crippen LogP contribution in [0.15, 0.2) is 0 Å². The van der Waals surface area contributed by atoms with Crippen LogP contribution in [0.4, 0.5) is 0 Å². The van der Waals surface area contributed by atoms with Crippen LogP contribution in [0.5, 0.6) is 0 Å². The van der Waals surface area contributed by atoms with Crippen molar-refractivity contribution in [3.63, 3.8) is 0 Å². The molecule has 0 spiro atoms. The van der Waals surface area contributed by atoms with Crippen molar-refractivity contribution in [2.24, 2.45) is 5.92 Å². The number of hydrogen-bond donors (Lipinski definition) is 2. The van der Waals surface area contributed by atoms with Crippen LogP contribution in [-0.2, 0) is 19.6 Å². The number of rotatable bonds is 14. The van der Waals surface area contributed by atoms with Gasteiger partial charge in [-0.2, -0.15) is 0 Å². The zero-order chi connectivity index (χ0) is 21.0. The summed E-state index contributed by atoms with van der Waals surface area (Å²) in [5.41, 5.74) is 1.62. The number of nitrogens with zero attached hydrogens (tertiary/aromatic N) is 1. The molecule has 28 heavy (non-hydrogen) atoms. The van der Waals surface area contributed by atoms with Gasteiger partial charge in [0.25, 0.3) is 5.91 Å². The third-order valence-electron chi connectivity index (χ3n) is 5.73. The van der Waals surface area contributed by atoms with Crippen molar-refractivity contribution in [3.8, 4) is 0 Å². The van der Waals surface area contributed by atoms with E-state index in [1.54, 1.807) is 5.48 Å². The average Bonchev–Trinajstić information content (AvgIpc) is 2.70. The number of unbranched alkanes of at least 4 members (excludes halogenated alkanes) is 1. The molecule has 1 fully saturated rings. The summed E-state index contributed by atoms with van der Waals surface area (Å²) < 4.78 is 32.2. The van der Waals surface area contributed by atoms with Gasteiger partial charge in [0.1, 0.15) is 0 Å². The number of sulfonamides is 1. The number of ether oxygens (including phenoxy) is 1. The Bertz CT molecular complexity index is 539. The Hall–Kier alpha value is -0.700. The summed E-state index contributed by atoms with van der Waals surface area (Å²) in [6, 6.07) is 0.